The molecule has 2 fully saturated rings. The van der Waals surface area contributed by atoms with Crippen LogP contribution in [0.25, 0.3) is 0 Å². The number of nitrogens with zero attached hydrogens (tertiary/aromatic N) is 3. The molecule has 0 aliphatic carbocycles. The molecule has 2 aliphatic heterocycles. The fourth-order valence-electron chi connectivity index (χ4n) is 5.20. The van der Waals surface area contributed by atoms with E-state index in [9.17, 15) is 19.2 Å². The van der Waals surface area contributed by atoms with Gasteiger partial charge in [0.25, 0.3) is 5.91 Å². The number of amides is 2. The van der Waals surface area contributed by atoms with Crippen molar-refractivity contribution in [3.8, 4) is 5.75 Å². The van der Waals surface area contributed by atoms with Crippen molar-refractivity contribution in [2.45, 2.75) is 25.9 Å². The molecule has 9 nitrogen and oxygen atoms in total. The zero-order valence-corrected chi connectivity index (χ0v) is 23.0. The Hall–Kier alpha value is -4.34. The van der Waals surface area contributed by atoms with Crippen molar-refractivity contribution in [3.05, 3.63) is 95.6 Å². The van der Waals surface area contributed by atoms with E-state index in [0.29, 0.717) is 36.7 Å². The van der Waals surface area contributed by atoms with Crippen molar-refractivity contribution in [2.75, 3.05) is 44.3 Å². The number of ketones is 1. The summed E-state index contributed by atoms with van der Waals surface area (Å²) in [6.45, 7) is 5.93. The highest BCUT2D eigenvalue weighted by atomic mass is 16.5. The Labute approximate surface area is 239 Å². The molecule has 0 bridgehead atoms. The molecule has 0 N–H and O–H groups in total. The van der Waals surface area contributed by atoms with Crippen LogP contribution in [0.5, 0.6) is 5.75 Å². The lowest BCUT2D eigenvalue weighted by molar-refractivity contribution is -0.123. The first-order valence-corrected chi connectivity index (χ1v) is 13.8. The first-order chi connectivity index (χ1) is 19.9. The topological polar surface area (TPSA) is 96.5 Å². The van der Waals surface area contributed by atoms with Crippen molar-refractivity contribution in [2.24, 2.45) is 0 Å². The molecular formula is C32H33N3O6. The molecule has 0 aromatic heterocycles. The zero-order chi connectivity index (χ0) is 28.8. The van der Waals surface area contributed by atoms with Gasteiger partial charge in [0.1, 0.15) is 5.75 Å². The number of benzene rings is 3. The summed E-state index contributed by atoms with van der Waals surface area (Å²) < 4.78 is 10.6. The predicted molar refractivity (Wildman–Crippen MR) is 153 cm³/mol. The largest absolute Gasteiger partial charge is 0.494 e. The predicted octanol–water partition coefficient (Wildman–Crippen LogP) is 3.57. The second-order valence-electron chi connectivity index (χ2n) is 10.1. The van der Waals surface area contributed by atoms with E-state index in [1.807, 2.05) is 25.1 Å². The van der Waals surface area contributed by atoms with Gasteiger partial charge in [0, 0.05) is 38.3 Å². The van der Waals surface area contributed by atoms with Gasteiger partial charge in [-0.2, -0.15) is 0 Å². The molecule has 0 radical (unpaired) electrons. The van der Waals surface area contributed by atoms with E-state index >= 15 is 0 Å². The van der Waals surface area contributed by atoms with Gasteiger partial charge in [-0.25, -0.2) is 9.69 Å². The zero-order valence-electron chi connectivity index (χ0n) is 23.0. The van der Waals surface area contributed by atoms with Crippen LogP contribution in [0.1, 0.15) is 39.6 Å². The molecule has 2 amide bonds. The van der Waals surface area contributed by atoms with Crippen LogP contribution >= 0.6 is 0 Å². The van der Waals surface area contributed by atoms with Gasteiger partial charge < -0.3 is 9.47 Å². The Morgan fingerprint density at radius 1 is 0.829 bits per heavy atom. The van der Waals surface area contributed by atoms with Crippen molar-refractivity contribution >= 4 is 29.3 Å². The fraction of sp³-hybridized carbons (Fsp3) is 0.312. The molecule has 0 saturated carbocycles. The second kappa shape index (κ2) is 12.9. The summed E-state index contributed by atoms with van der Waals surface area (Å²) >= 11 is 0. The molecule has 9 heteroatoms. The molecule has 41 heavy (non-hydrogen) atoms. The quantitative estimate of drug-likeness (QED) is 0.213. The summed E-state index contributed by atoms with van der Waals surface area (Å²) in [5, 5.41) is 0. The lowest BCUT2D eigenvalue weighted by Crippen LogP contribution is -2.52. The number of anilines is 1. The Morgan fingerprint density at radius 2 is 1.49 bits per heavy atom. The van der Waals surface area contributed by atoms with Gasteiger partial charge in [-0.05, 0) is 61.0 Å². The molecule has 0 spiro atoms. The Morgan fingerprint density at radius 3 is 2.15 bits per heavy atom. The van der Waals surface area contributed by atoms with Gasteiger partial charge in [0.2, 0.25) is 5.91 Å². The van der Waals surface area contributed by atoms with Gasteiger partial charge in [0.05, 0.1) is 30.3 Å². The number of carbonyl (C=O) groups is 4. The first kappa shape index (κ1) is 28.2. The lowest BCUT2D eigenvalue weighted by Gasteiger charge is -2.37. The van der Waals surface area contributed by atoms with E-state index in [4.69, 9.17) is 9.47 Å². The third-order valence-electron chi connectivity index (χ3n) is 7.40. The summed E-state index contributed by atoms with van der Waals surface area (Å²) in [6.07, 6.45) is 0.134. The van der Waals surface area contributed by atoms with Gasteiger partial charge in [-0.1, -0.05) is 30.3 Å². The molecule has 2 saturated heterocycles. The van der Waals surface area contributed by atoms with Crippen molar-refractivity contribution in [3.63, 3.8) is 0 Å². The Kier molecular flexibility index (Phi) is 8.86. The van der Waals surface area contributed by atoms with Crippen LogP contribution in [0.2, 0.25) is 0 Å². The van der Waals surface area contributed by atoms with Crippen molar-refractivity contribution in [1.29, 1.82) is 0 Å². The Bertz CT molecular complexity index is 1380. The summed E-state index contributed by atoms with van der Waals surface area (Å²) in [6, 6.07) is 22.5. The normalized spacial score (nSPS) is 18.0. The highest BCUT2D eigenvalue weighted by Gasteiger charge is 2.43. The number of Topliss-reactive ketones (excluding diaryl/α,β-unsaturated/α-hetero) is 1. The fourth-order valence-corrected chi connectivity index (χ4v) is 5.20. The number of ether oxygens (including phenoxy) is 2. The third-order valence-corrected chi connectivity index (χ3v) is 7.40. The van der Waals surface area contributed by atoms with Crippen LogP contribution in [-0.4, -0.2) is 78.8 Å². The maximum absolute atomic E-state index is 13.3. The van der Waals surface area contributed by atoms with E-state index in [1.54, 1.807) is 36.4 Å². The number of carbonyl (C=O) groups excluding carboxylic acids is 4. The molecule has 2 aliphatic rings. The molecule has 3 aromatic carbocycles. The summed E-state index contributed by atoms with van der Waals surface area (Å²) in [5.74, 6) is -0.853. The average Bonchev–Trinajstić information content (AvgIpc) is 3.30. The second-order valence-corrected chi connectivity index (χ2v) is 10.1. The minimum Gasteiger partial charge on any atom is -0.494 e. The highest BCUT2D eigenvalue weighted by Crippen LogP contribution is 2.27. The van der Waals surface area contributed by atoms with Crippen molar-refractivity contribution < 1.29 is 28.7 Å². The number of imide groups is 1. The maximum atomic E-state index is 13.3. The number of piperazine rings is 1. The minimum absolute atomic E-state index is 0.134. The summed E-state index contributed by atoms with van der Waals surface area (Å²) in [4.78, 5) is 56.7. The van der Waals surface area contributed by atoms with E-state index in [2.05, 4.69) is 21.9 Å². The average molecular weight is 556 g/mol. The number of rotatable bonds is 10. The Balaban J connectivity index is 1.13. The van der Waals surface area contributed by atoms with Gasteiger partial charge >= 0.3 is 5.97 Å². The van der Waals surface area contributed by atoms with E-state index in [-0.39, 0.29) is 29.6 Å². The van der Waals surface area contributed by atoms with Crippen molar-refractivity contribution in [1.82, 2.24) is 9.80 Å². The van der Waals surface area contributed by atoms with Crippen LogP contribution in [0.3, 0.4) is 0 Å². The van der Waals surface area contributed by atoms with Crippen LogP contribution < -0.4 is 9.64 Å². The molecule has 3 aromatic rings. The molecule has 212 valence electrons. The minimum atomic E-state index is -0.666. The first-order valence-electron chi connectivity index (χ1n) is 13.8. The highest BCUT2D eigenvalue weighted by molar-refractivity contribution is 6.22. The molecule has 1 unspecified atom stereocenters. The van der Waals surface area contributed by atoms with Crippen LogP contribution in [-0.2, 0) is 20.9 Å². The maximum Gasteiger partial charge on any atom is 0.338 e. The summed E-state index contributed by atoms with van der Waals surface area (Å²) in [7, 11) is 0. The standard InChI is InChI=1S/C32H33N3O6/c1-2-40-27-14-10-24(11-15-27)29(36)22-41-32(39)25-8-12-26(13-9-25)35-30(37)20-28(31(35)38)34-18-16-33(17-19-34)21-23-6-4-3-5-7-23/h3-15,28H,2,16-22H2,1H3. The number of hydrogen-bond donors (Lipinski definition) is 0. The monoisotopic (exact) mass is 555 g/mol. The van der Waals surface area contributed by atoms with Gasteiger partial charge in [-0.15, -0.1) is 0 Å². The van der Waals surface area contributed by atoms with E-state index in [1.165, 1.54) is 22.6 Å². The van der Waals surface area contributed by atoms with Gasteiger partial charge in [0.15, 0.2) is 12.4 Å². The number of hydrogen-bond acceptors (Lipinski definition) is 8. The van der Waals surface area contributed by atoms with E-state index in [0.717, 1.165) is 19.6 Å². The number of esters is 1. The van der Waals surface area contributed by atoms with Crippen LogP contribution in [0.4, 0.5) is 5.69 Å². The summed E-state index contributed by atoms with van der Waals surface area (Å²) in [5.41, 5.74) is 2.30. The van der Waals surface area contributed by atoms with Gasteiger partial charge in [-0.3, -0.25) is 24.2 Å². The lowest BCUT2D eigenvalue weighted by atomic mass is 10.1. The molecule has 2 heterocycles. The van der Waals surface area contributed by atoms with E-state index < -0.39 is 18.6 Å². The van der Waals surface area contributed by atoms with Crippen LogP contribution in [0, 0.1) is 0 Å². The molecular weight excluding hydrogens is 522 g/mol. The van der Waals surface area contributed by atoms with Crippen LogP contribution in [0.15, 0.2) is 78.9 Å². The SMILES string of the molecule is CCOc1ccc(C(=O)COC(=O)c2ccc(N3C(=O)CC(N4CCN(Cc5ccccc5)CC4)C3=O)cc2)cc1. The molecule has 1 atom stereocenters. The smallest absolute Gasteiger partial charge is 0.338 e. The molecule has 5 rings (SSSR count). The third kappa shape index (κ3) is 6.70.